The van der Waals surface area contributed by atoms with Crippen LogP contribution in [-0.4, -0.2) is 9.55 Å². The van der Waals surface area contributed by atoms with Gasteiger partial charge in [-0.15, -0.1) is 0 Å². The average molecular weight is 269 g/mol. The van der Waals surface area contributed by atoms with E-state index in [0.29, 0.717) is 11.0 Å². The van der Waals surface area contributed by atoms with Crippen LogP contribution < -0.4 is 0 Å². The van der Waals surface area contributed by atoms with E-state index in [1.54, 1.807) is 12.3 Å². The van der Waals surface area contributed by atoms with Crippen molar-refractivity contribution in [3.05, 3.63) is 52.3 Å². The summed E-state index contributed by atoms with van der Waals surface area (Å²) in [5.74, 6) is 0.698. The molecule has 0 aliphatic rings. The zero-order valence-electron chi connectivity index (χ0n) is 8.24. The van der Waals surface area contributed by atoms with Crippen molar-refractivity contribution in [3.63, 3.8) is 0 Å². The molecule has 15 heavy (non-hydrogen) atoms. The predicted molar refractivity (Wildman–Crippen MR) is 60.2 cm³/mol. The molecule has 0 spiro atoms. The molecule has 0 saturated heterocycles. The lowest BCUT2D eigenvalue weighted by atomic mass is 10.2. The van der Waals surface area contributed by atoms with E-state index in [4.69, 9.17) is 0 Å². The summed E-state index contributed by atoms with van der Waals surface area (Å²) in [6.07, 6.45) is 3.62. The Bertz CT molecular complexity index is 479. The molecule has 2 aromatic rings. The highest BCUT2D eigenvalue weighted by Crippen LogP contribution is 2.17. The highest BCUT2D eigenvalue weighted by atomic mass is 79.9. The van der Waals surface area contributed by atoms with Crippen molar-refractivity contribution in [1.82, 2.24) is 9.55 Å². The van der Waals surface area contributed by atoms with Gasteiger partial charge in [-0.2, -0.15) is 0 Å². The van der Waals surface area contributed by atoms with Crippen molar-refractivity contribution in [2.24, 2.45) is 0 Å². The van der Waals surface area contributed by atoms with Crippen molar-refractivity contribution in [2.45, 2.75) is 13.5 Å². The molecule has 78 valence electrons. The third kappa shape index (κ3) is 2.26. The minimum atomic E-state index is -0.231. The molecule has 2 rings (SSSR count). The van der Waals surface area contributed by atoms with E-state index in [-0.39, 0.29) is 5.82 Å². The Morgan fingerprint density at radius 2 is 2.27 bits per heavy atom. The van der Waals surface area contributed by atoms with Crippen LogP contribution in [0.5, 0.6) is 0 Å². The number of nitrogens with zero attached hydrogens (tertiary/aromatic N) is 2. The van der Waals surface area contributed by atoms with Gasteiger partial charge < -0.3 is 4.57 Å². The molecule has 2 nitrogen and oxygen atoms in total. The number of hydrogen-bond acceptors (Lipinski definition) is 1. The number of aryl methyl sites for hydroxylation is 1. The second-order valence-corrected chi connectivity index (χ2v) is 4.21. The number of aromatic nitrogens is 2. The molecular weight excluding hydrogens is 259 g/mol. The molecule has 1 heterocycles. The number of hydrogen-bond donors (Lipinski definition) is 0. The zero-order valence-corrected chi connectivity index (χ0v) is 9.83. The van der Waals surface area contributed by atoms with Crippen molar-refractivity contribution in [1.29, 1.82) is 0 Å². The summed E-state index contributed by atoms with van der Waals surface area (Å²) in [5.41, 5.74) is 0.928. The molecule has 0 bridgehead atoms. The van der Waals surface area contributed by atoms with E-state index in [1.807, 2.05) is 23.8 Å². The van der Waals surface area contributed by atoms with Gasteiger partial charge in [-0.1, -0.05) is 6.07 Å². The van der Waals surface area contributed by atoms with Crippen molar-refractivity contribution in [3.8, 4) is 0 Å². The van der Waals surface area contributed by atoms with Gasteiger partial charge in [0.05, 0.1) is 4.47 Å². The van der Waals surface area contributed by atoms with Crippen LogP contribution in [0.2, 0.25) is 0 Å². The van der Waals surface area contributed by atoms with E-state index in [0.717, 1.165) is 11.4 Å². The monoisotopic (exact) mass is 268 g/mol. The standard InChI is InChI=1S/C11H10BrFN2/c1-8-14-4-5-15(8)7-9-2-3-10(12)11(13)6-9/h2-6H,7H2,1H3. The molecule has 0 N–H and O–H groups in total. The van der Waals surface area contributed by atoms with E-state index < -0.39 is 0 Å². The minimum Gasteiger partial charge on any atom is -0.331 e. The Balaban J connectivity index is 2.25. The third-order valence-electron chi connectivity index (χ3n) is 2.26. The lowest BCUT2D eigenvalue weighted by Gasteiger charge is -2.05. The lowest BCUT2D eigenvalue weighted by molar-refractivity contribution is 0.616. The number of rotatable bonds is 2. The fourth-order valence-electron chi connectivity index (χ4n) is 1.41. The molecule has 0 unspecified atom stereocenters. The van der Waals surface area contributed by atoms with Gasteiger partial charge in [0.2, 0.25) is 0 Å². The van der Waals surface area contributed by atoms with Gasteiger partial charge in [-0.05, 0) is 40.5 Å². The summed E-state index contributed by atoms with van der Waals surface area (Å²) in [4.78, 5) is 4.11. The molecule has 0 aliphatic heterocycles. The minimum absolute atomic E-state index is 0.231. The van der Waals surface area contributed by atoms with Gasteiger partial charge in [-0.3, -0.25) is 0 Å². The fraction of sp³-hybridized carbons (Fsp3) is 0.182. The second kappa shape index (κ2) is 4.14. The normalized spacial score (nSPS) is 10.6. The Kier molecular flexibility index (Phi) is 2.86. The highest BCUT2D eigenvalue weighted by Gasteiger charge is 2.02. The fourth-order valence-corrected chi connectivity index (χ4v) is 1.65. The average Bonchev–Trinajstić information content (AvgIpc) is 2.59. The van der Waals surface area contributed by atoms with Crippen LogP contribution in [0.4, 0.5) is 4.39 Å². The van der Waals surface area contributed by atoms with Crippen LogP contribution in [0.3, 0.4) is 0 Å². The summed E-state index contributed by atoms with van der Waals surface area (Å²) in [6.45, 7) is 2.57. The van der Waals surface area contributed by atoms with Crippen LogP contribution in [0.1, 0.15) is 11.4 Å². The lowest BCUT2D eigenvalue weighted by Crippen LogP contribution is -2.01. The number of halogens is 2. The largest absolute Gasteiger partial charge is 0.331 e. The van der Waals surface area contributed by atoms with Gasteiger partial charge >= 0.3 is 0 Å². The molecule has 0 atom stereocenters. The van der Waals surface area contributed by atoms with Crippen molar-refractivity contribution >= 4 is 15.9 Å². The topological polar surface area (TPSA) is 17.8 Å². The Morgan fingerprint density at radius 3 is 2.87 bits per heavy atom. The number of imidazole rings is 1. The first kappa shape index (κ1) is 10.4. The van der Waals surface area contributed by atoms with Crippen LogP contribution in [-0.2, 0) is 6.54 Å². The molecule has 0 aliphatic carbocycles. The van der Waals surface area contributed by atoms with E-state index in [9.17, 15) is 4.39 Å². The maximum atomic E-state index is 13.2. The highest BCUT2D eigenvalue weighted by molar-refractivity contribution is 9.10. The first-order valence-corrected chi connectivity index (χ1v) is 5.38. The third-order valence-corrected chi connectivity index (χ3v) is 2.90. The molecule has 0 radical (unpaired) electrons. The van der Waals surface area contributed by atoms with E-state index in [1.165, 1.54) is 6.07 Å². The summed E-state index contributed by atoms with van der Waals surface area (Å²) in [5, 5.41) is 0. The summed E-state index contributed by atoms with van der Waals surface area (Å²) in [6, 6.07) is 5.15. The number of benzene rings is 1. The molecule has 4 heteroatoms. The molecule has 1 aromatic carbocycles. The van der Waals surface area contributed by atoms with Gasteiger partial charge in [0.25, 0.3) is 0 Å². The molecular formula is C11H10BrFN2. The Hall–Kier alpha value is -1.16. The van der Waals surface area contributed by atoms with Gasteiger partial charge in [0, 0.05) is 18.9 Å². The molecule has 0 fully saturated rings. The first-order valence-electron chi connectivity index (χ1n) is 4.58. The quantitative estimate of drug-likeness (QED) is 0.819. The van der Waals surface area contributed by atoms with Gasteiger partial charge in [0.1, 0.15) is 11.6 Å². The van der Waals surface area contributed by atoms with Crippen molar-refractivity contribution in [2.75, 3.05) is 0 Å². The van der Waals surface area contributed by atoms with E-state index in [2.05, 4.69) is 20.9 Å². The Labute approximate surface area is 95.9 Å². The maximum absolute atomic E-state index is 13.2. The second-order valence-electron chi connectivity index (χ2n) is 3.35. The molecule has 0 saturated carbocycles. The van der Waals surface area contributed by atoms with E-state index >= 15 is 0 Å². The SMILES string of the molecule is Cc1nccn1Cc1ccc(Br)c(F)c1. The summed E-state index contributed by atoms with van der Waals surface area (Å²) in [7, 11) is 0. The first-order chi connectivity index (χ1) is 7.16. The Morgan fingerprint density at radius 1 is 1.47 bits per heavy atom. The molecule has 0 amide bonds. The summed E-state index contributed by atoms with van der Waals surface area (Å²) >= 11 is 3.13. The van der Waals surface area contributed by atoms with Crippen LogP contribution in [0.15, 0.2) is 35.1 Å². The predicted octanol–water partition coefficient (Wildman–Crippen LogP) is 3.14. The van der Waals surface area contributed by atoms with Crippen LogP contribution in [0, 0.1) is 12.7 Å². The smallest absolute Gasteiger partial charge is 0.137 e. The van der Waals surface area contributed by atoms with Crippen molar-refractivity contribution < 1.29 is 4.39 Å². The van der Waals surface area contributed by atoms with Gasteiger partial charge in [-0.25, -0.2) is 9.37 Å². The zero-order chi connectivity index (χ0) is 10.8. The summed E-state index contributed by atoms with van der Waals surface area (Å²) < 4.78 is 15.7. The maximum Gasteiger partial charge on any atom is 0.137 e. The van der Waals surface area contributed by atoms with Gasteiger partial charge in [0.15, 0.2) is 0 Å². The van der Waals surface area contributed by atoms with Crippen LogP contribution in [0.25, 0.3) is 0 Å². The molecule has 1 aromatic heterocycles. The van der Waals surface area contributed by atoms with Crippen LogP contribution >= 0.6 is 15.9 Å².